The molecule has 0 bridgehead atoms. The van der Waals surface area contributed by atoms with Crippen molar-refractivity contribution >= 4 is 17.0 Å². The Morgan fingerprint density at radius 3 is 2.76 bits per heavy atom. The number of hydrogen-bond acceptors (Lipinski definition) is 6. The summed E-state index contributed by atoms with van der Waals surface area (Å²) in [7, 11) is 0. The molecule has 0 radical (unpaired) electrons. The van der Waals surface area contributed by atoms with E-state index < -0.39 is 0 Å². The molecule has 0 aliphatic rings. The fraction of sp³-hybridized carbons (Fsp3) is 0.0588. The maximum Gasteiger partial charge on any atom is 0.182 e. The van der Waals surface area contributed by atoms with E-state index >= 15 is 0 Å². The van der Waals surface area contributed by atoms with Crippen LogP contribution in [0, 0.1) is 5.82 Å². The fourth-order valence-electron chi connectivity index (χ4n) is 2.33. The smallest absolute Gasteiger partial charge is 0.182 e. The fourth-order valence-corrected chi connectivity index (χ4v) is 2.33. The van der Waals surface area contributed by atoms with E-state index in [9.17, 15) is 4.39 Å². The van der Waals surface area contributed by atoms with Crippen molar-refractivity contribution in [2.45, 2.75) is 6.54 Å². The summed E-state index contributed by atoms with van der Waals surface area (Å²) < 4.78 is 18.7. The van der Waals surface area contributed by atoms with Crippen LogP contribution in [0.5, 0.6) is 11.5 Å². The van der Waals surface area contributed by atoms with E-state index in [2.05, 4.69) is 30.2 Å². The maximum atomic E-state index is 12.9. The van der Waals surface area contributed by atoms with Gasteiger partial charge in [-0.05, 0) is 30.3 Å². The molecule has 3 aromatic heterocycles. The number of H-pyrrole nitrogens is 1. The molecule has 2 N–H and O–H groups in total. The Bertz CT molecular complexity index is 1000. The van der Waals surface area contributed by atoms with E-state index in [0.29, 0.717) is 29.5 Å². The van der Waals surface area contributed by atoms with Crippen LogP contribution in [-0.2, 0) is 6.54 Å². The molecule has 0 amide bonds. The molecule has 124 valence electrons. The highest BCUT2D eigenvalue weighted by molar-refractivity contribution is 5.81. The van der Waals surface area contributed by atoms with E-state index in [4.69, 9.17) is 4.74 Å². The van der Waals surface area contributed by atoms with Crippen LogP contribution in [0.1, 0.15) is 5.69 Å². The number of fused-ring (bicyclic) bond motifs is 1. The Balaban J connectivity index is 1.48. The second-order valence-corrected chi connectivity index (χ2v) is 5.22. The van der Waals surface area contributed by atoms with Gasteiger partial charge in [0.2, 0.25) is 0 Å². The standard InChI is InChI=1S/C17H13FN6O/c18-11-1-3-13(4-2-11)25-14-5-6-19-12(7-14)8-20-16-15-17(22-9-21-15)24-10-23-16/h1-7,9-10H,8H2,(H2,20,21,22,23,24). The number of imidazole rings is 1. The first-order chi connectivity index (χ1) is 12.3. The number of aromatic nitrogens is 5. The van der Waals surface area contributed by atoms with Crippen molar-refractivity contribution < 1.29 is 9.13 Å². The minimum absolute atomic E-state index is 0.304. The average molecular weight is 336 g/mol. The molecule has 25 heavy (non-hydrogen) atoms. The topological polar surface area (TPSA) is 88.6 Å². The molecule has 0 saturated heterocycles. The molecule has 0 aliphatic carbocycles. The van der Waals surface area contributed by atoms with Crippen LogP contribution in [0.25, 0.3) is 11.2 Å². The molecule has 0 fully saturated rings. The highest BCUT2D eigenvalue weighted by Crippen LogP contribution is 2.22. The van der Waals surface area contributed by atoms with Crippen LogP contribution in [0.15, 0.2) is 55.2 Å². The molecular formula is C17H13FN6O. The normalized spacial score (nSPS) is 10.8. The lowest BCUT2D eigenvalue weighted by Crippen LogP contribution is -2.04. The van der Waals surface area contributed by atoms with E-state index in [0.717, 1.165) is 11.2 Å². The minimum atomic E-state index is -0.304. The van der Waals surface area contributed by atoms with Crippen molar-refractivity contribution in [3.63, 3.8) is 0 Å². The number of ether oxygens (including phenoxy) is 1. The van der Waals surface area contributed by atoms with Gasteiger partial charge in [-0.25, -0.2) is 19.3 Å². The Kier molecular flexibility index (Phi) is 3.91. The molecular weight excluding hydrogens is 323 g/mol. The average Bonchev–Trinajstić information content (AvgIpc) is 3.12. The Labute approximate surface area is 142 Å². The minimum Gasteiger partial charge on any atom is -0.457 e. The van der Waals surface area contributed by atoms with Crippen molar-refractivity contribution in [2.24, 2.45) is 0 Å². The lowest BCUT2D eigenvalue weighted by Gasteiger charge is -2.08. The van der Waals surface area contributed by atoms with Gasteiger partial charge >= 0.3 is 0 Å². The highest BCUT2D eigenvalue weighted by atomic mass is 19.1. The number of benzene rings is 1. The zero-order valence-corrected chi connectivity index (χ0v) is 13.0. The predicted octanol–water partition coefficient (Wildman–Crippen LogP) is 3.29. The van der Waals surface area contributed by atoms with Gasteiger partial charge < -0.3 is 15.0 Å². The number of rotatable bonds is 5. The number of halogens is 1. The van der Waals surface area contributed by atoms with Crippen molar-refractivity contribution in [1.29, 1.82) is 0 Å². The third-order valence-electron chi connectivity index (χ3n) is 3.50. The molecule has 7 nitrogen and oxygen atoms in total. The largest absolute Gasteiger partial charge is 0.457 e. The molecule has 0 spiro atoms. The van der Waals surface area contributed by atoms with E-state index in [1.807, 2.05) is 6.07 Å². The van der Waals surface area contributed by atoms with Gasteiger partial charge in [-0.1, -0.05) is 0 Å². The van der Waals surface area contributed by atoms with Crippen LogP contribution in [0.3, 0.4) is 0 Å². The third-order valence-corrected chi connectivity index (χ3v) is 3.50. The van der Waals surface area contributed by atoms with Gasteiger partial charge in [-0.2, -0.15) is 0 Å². The Morgan fingerprint density at radius 1 is 1.00 bits per heavy atom. The highest BCUT2D eigenvalue weighted by Gasteiger charge is 2.06. The summed E-state index contributed by atoms with van der Waals surface area (Å²) in [6, 6.07) is 9.40. The number of pyridine rings is 1. The molecule has 0 aliphatic heterocycles. The molecule has 0 atom stereocenters. The lowest BCUT2D eigenvalue weighted by molar-refractivity contribution is 0.479. The molecule has 8 heteroatoms. The lowest BCUT2D eigenvalue weighted by atomic mass is 10.3. The molecule has 3 heterocycles. The van der Waals surface area contributed by atoms with Crippen molar-refractivity contribution in [2.75, 3.05) is 5.32 Å². The van der Waals surface area contributed by atoms with Crippen LogP contribution in [0.2, 0.25) is 0 Å². The van der Waals surface area contributed by atoms with Crippen LogP contribution < -0.4 is 10.1 Å². The van der Waals surface area contributed by atoms with Gasteiger partial charge in [0.1, 0.15) is 29.2 Å². The first-order valence-electron chi connectivity index (χ1n) is 7.54. The summed E-state index contributed by atoms with van der Waals surface area (Å²) in [5, 5.41) is 3.20. The van der Waals surface area contributed by atoms with Gasteiger partial charge in [0, 0.05) is 12.3 Å². The summed E-state index contributed by atoms with van der Waals surface area (Å²) in [6.07, 6.45) is 4.68. The number of anilines is 1. The summed E-state index contributed by atoms with van der Waals surface area (Å²) in [4.78, 5) is 19.7. The van der Waals surface area contributed by atoms with Crippen molar-refractivity contribution in [1.82, 2.24) is 24.9 Å². The third kappa shape index (κ3) is 3.37. The van der Waals surface area contributed by atoms with Gasteiger partial charge in [0.25, 0.3) is 0 Å². The quantitative estimate of drug-likeness (QED) is 0.581. The number of nitrogens with zero attached hydrogens (tertiary/aromatic N) is 4. The van der Waals surface area contributed by atoms with Gasteiger partial charge in [0.05, 0.1) is 18.6 Å². The second-order valence-electron chi connectivity index (χ2n) is 5.22. The zero-order valence-electron chi connectivity index (χ0n) is 13.0. The van der Waals surface area contributed by atoms with Crippen molar-refractivity contribution in [3.05, 3.63) is 66.8 Å². The van der Waals surface area contributed by atoms with Gasteiger partial charge in [-0.15, -0.1) is 0 Å². The Morgan fingerprint density at radius 2 is 1.88 bits per heavy atom. The summed E-state index contributed by atoms with van der Waals surface area (Å²) in [6.45, 7) is 0.450. The predicted molar refractivity (Wildman–Crippen MR) is 89.7 cm³/mol. The van der Waals surface area contributed by atoms with Gasteiger partial charge in [-0.3, -0.25) is 4.98 Å². The van der Waals surface area contributed by atoms with E-state index in [-0.39, 0.29) is 5.82 Å². The second kappa shape index (κ2) is 6.52. The number of hydrogen-bond donors (Lipinski definition) is 2. The van der Waals surface area contributed by atoms with Crippen LogP contribution in [0.4, 0.5) is 10.2 Å². The van der Waals surface area contributed by atoms with Crippen LogP contribution >= 0.6 is 0 Å². The molecule has 4 aromatic rings. The number of nitrogens with one attached hydrogen (secondary N) is 2. The molecule has 4 rings (SSSR count). The van der Waals surface area contributed by atoms with E-state index in [1.54, 1.807) is 30.7 Å². The molecule has 0 saturated carbocycles. The summed E-state index contributed by atoms with van der Waals surface area (Å²) in [5.74, 6) is 1.52. The zero-order chi connectivity index (χ0) is 17.1. The molecule has 0 unspecified atom stereocenters. The Hall–Kier alpha value is -3.55. The van der Waals surface area contributed by atoms with Crippen LogP contribution in [-0.4, -0.2) is 24.9 Å². The number of aromatic amines is 1. The first kappa shape index (κ1) is 15.0. The monoisotopic (exact) mass is 336 g/mol. The van der Waals surface area contributed by atoms with E-state index in [1.165, 1.54) is 18.5 Å². The summed E-state index contributed by atoms with van der Waals surface area (Å²) in [5.41, 5.74) is 2.10. The van der Waals surface area contributed by atoms with Gasteiger partial charge in [0.15, 0.2) is 11.5 Å². The first-order valence-corrected chi connectivity index (χ1v) is 7.54. The maximum absolute atomic E-state index is 12.9. The SMILES string of the molecule is Fc1ccc(Oc2ccnc(CNc3ncnc4nc[nH]c34)c2)cc1. The van der Waals surface area contributed by atoms with Crippen molar-refractivity contribution in [3.8, 4) is 11.5 Å². The molecule has 1 aromatic carbocycles. The summed E-state index contributed by atoms with van der Waals surface area (Å²) >= 11 is 0.